The molecule has 0 radical (unpaired) electrons. The van der Waals surface area contributed by atoms with Crippen LogP contribution in [0.25, 0.3) is 32.5 Å². The first kappa shape index (κ1) is 25.3. The number of alkyl halides is 3. The van der Waals surface area contributed by atoms with E-state index in [1.807, 2.05) is 30.5 Å². The third-order valence-corrected chi connectivity index (χ3v) is 5.42. The standard InChI is InChI=1S/C20H14F3N3S.2CH3NO/c1-11-5-6-13(12-3-2-4-14(7-12)20(21,22)23)8-15(11)16-9-27-18-17(16)25-10-26-19(18)24;2*2-1-3/h2-10H,1H3,(H2,24,25,26);2*1H,(H2,2,3). The van der Waals surface area contributed by atoms with Crippen LogP contribution < -0.4 is 17.2 Å². The number of hydrogen-bond acceptors (Lipinski definition) is 6. The molecule has 0 saturated heterocycles. The SMILES string of the molecule is Cc1ccc(-c2cccc(C(F)(F)F)c2)cc1-c1csc2c(N)ncnc12.NC=O.NC=O. The highest BCUT2D eigenvalue weighted by atomic mass is 32.1. The molecule has 2 aromatic heterocycles. The number of amides is 2. The third kappa shape index (κ3) is 6.04. The zero-order valence-electron chi connectivity index (χ0n) is 17.3. The number of rotatable bonds is 2. The van der Waals surface area contributed by atoms with E-state index in [9.17, 15) is 13.2 Å². The number of nitrogens with zero attached hydrogens (tertiary/aromatic N) is 2. The Kier molecular flexibility index (Phi) is 8.46. The van der Waals surface area contributed by atoms with E-state index in [0.29, 0.717) is 16.9 Å². The van der Waals surface area contributed by atoms with Crippen LogP contribution in [-0.2, 0) is 15.8 Å². The molecule has 0 bridgehead atoms. The van der Waals surface area contributed by atoms with Crippen molar-refractivity contribution in [3.8, 4) is 22.3 Å². The number of carbonyl (C=O) groups excluding carboxylic acids is 2. The number of hydrogen-bond donors (Lipinski definition) is 3. The number of primary amides is 2. The number of aromatic nitrogens is 2. The van der Waals surface area contributed by atoms with Crippen molar-refractivity contribution >= 4 is 40.2 Å². The van der Waals surface area contributed by atoms with Crippen LogP contribution in [0.2, 0.25) is 0 Å². The number of nitrogens with two attached hydrogens (primary N) is 3. The van der Waals surface area contributed by atoms with Gasteiger partial charge < -0.3 is 17.2 Å². The molecule has 0 aliphatic carbocycles. The molecule has 0 fully saturated rings. The second-order valence-corrected chi connectivity index (χ2v) is 7.35. The fourth-order valence-corrected chi connectivity index (χ4v) is 3.95. The van der Waals surface area contributed by atoms with Crippen LogP contribution >= 0.6 is 11.3 Å². The van der Waals surface area contributed by atoms with E-state index >= 15 is 0 Å². The van der Waals surface area contributed by atoms with E-state index in [2.05, 4.69) is 21.4 Å². The molecule has 6 N–H and O–H groups in total. The summed E-state index contributed by atoms with van der Waals surface area (Å²) >= 11 is 1.45. The van der Waals surface area contributed by atoms with Gasteiger partial charge in [-0.15, -0.1) is 11.3 Å². The Bertz CT molecular complexity index is 1250. The molecule has 0 aliphatic heterocycles. The zero-order valence-corrected chi connectivity index (χ0v) is 18.2. The molecule has 0 spiro atoms. The number of halogens is 3. The van der Waals surface area contributed by atoms with Gasteiger partial charge in [-0.05, 0) is 47.4 Å². The predicted molar refractivity (Wildman–Crippen MR) is 123 cm³/mol. The largest absolute Gasteiger partial charge is 0.416 e. The van der Waals surface area contributed by atoms with E-state index in [-0.39, 0.29) is 12.8 Å². The average molecular weight is 475 g/mol. The lowest BCUT2D eigenvalue weighted by molar-refractivity contribution is -0.137. The maximum atomic E-state index is 13.0. The molecule has 0 aliphatic rings. The van der Waals surface area contributed by atoms with Crippen molar-refractivity contribution in [1.82, 2.24) is 9.97 Å². The van der Waals surface area contributed by atoms with Crippen molar-refractivity contribution < 1.29 is 22.8 Å². The van der Waals surface area contributed by atoms with Crippen LogP contribution in [0.15, 0.2) is 54.2 Å². The van der Waals surface area contributed by atoms with Gasteiger partial charge in [0.1, 0.15) is 12.1 Å². The van der Waals surface area contributed by atoms with Gasteiger partial charge in [-0.3, -0.25) is 9.59 Å². The van der Waals surface area contributed by atoms with E-state index in [0.717, 1.165) is 33.0 Å². The lowest BCUT2D eigenvalue weighted by Gasteiger charge is -2.11. The highest BCUT2D eigenvalue weighted by Crippen LogP contribution is 2.38. The Labute approximate surface area is 191 Å². The number of fused-ring (bicyclic) bond motifs is 1. The molecule has 0 saturated carbocycles. The van der Waals surface area contributed by atoms with Crippen LogP contribution in [-0.4, -0.2) is 22.8 Å². The third-order valence-electron chi connectivity index (χ3n) is 4.43. The van der Waals surface area contributed by atoms with Gasteiger partial charge in [0, 0.05) is 10.9 Å². The van der Waals surface area contributed by atoms with E-state index in [4.69, 9.17) is 15.3 Å². The fourth-order valence-electron chi connectivity index (χ4n) is 3.03. The van der Waals surface area contributed by atoms with Gasteiger partial charge in [-0.1, -0.05) is 24.3 Å². The van der Waals surface area contributed by atoms with Crippen molar-refractivity contribution in [1.29, 1.82) is 0 Å². The van der Waals surface area contributed by atoms with Crippen LogP contribution in [0.3, 0.4) is 0 Å². The smallest absolute Gasteiger partial charge is 0.382 e. The summed E-state index contributed by atoms with van der Waals surface area (Å²) in [5, 5.41) is 1.95. The minimum Gasteiger partial charge on any atom is -0.382 e. The Morgan fingerprint density at radius 1 is 0.939 bits per heavy atom. The second kappa shape index (κ2) is 11.0. The average Bonchev–Trinajstić information content (AvgIpc) is 3.20. The van der Waals surface area contributed by atoms with Crippen molar-refractivity contribution in [3.63, 3.8) is 0 Å². The molecular formula is C22H20F3N5O2S. The van der Waals surface area contributed by atoms with Gasteiger partial charge in [0.05, 0.1) is 15.8 Å². The summed E-state index contributed by atoms with van der Waals surface area (Å²) in [7, 11) is 0. The number of anilines is 1. The van der Waals surface area contributed by atoms with Crippen LogP contribution in [0.5, 0.6) is 0 Å². The molecule has 4 aromatic rings. The van der Waals surface area contributed by atoms with Gasteiger partial charge in [-0.25, -0.2) is 9.97 Å². The zero-order chi connectivity index (χ0) is 24.6. The highest BCUT2D eigenvalue weighted by Gasteiger charge is 2.30. The van der Waals surface area contributed by atoms with E-state index in [1.54, 1.807) is 6.07 Å². The normalized spacial score (nSPS) is 10.4. The van der Waals surface area contributed by atoms with Crippen LogP contribution in [0, 0.1) is 6.92 Å². The Morgan fingerprint density at radius 2 is 1.58 bits per heavy atom. The van der Waals surface area contributed by atoms with Crippen molar-refractivity contribution in [2.24, 2.45) is 11.5 Å². The maximum Gasteiger partial charge on any atom is 0.416 e. The molecule has 11 heteroatoms. The maximum absolute atomic E-state index is 13.0. The fraction of sp³-hybridized carbons (Fsp3) is 0.0909. The number of nitrogen functional groups attached to an aromatic ring is 1. The Hall–Kier alpha value is -3.99. The monoisotopic (exact) mass is 475 g/mol. The first-order chi connectivity index (χ1) is 15.7. The molecule has 33 heavy (non-hydrogen) atoms. The molecular weight excluding hydrogens is 455 g/mol. The van der Waals surface area contributed by atoms with Gasteiger partial charge >= 0.3 is 6.18 Å². The van der Waals surface area contributed by atoms with Gasteiger partial charge in [-0.2, -0.15) is 13.2 Å². The first-order valence-corrected chi connectivity index (χ1v) is 10.1. The molecule has 7 nitrogen and oxygen atoms in total. The minimum atomic E-state index is -4.37. The van der Waals surface area contributed by atoms with Crippen molar-refractivity contribution in [2.75, 3.05) is 5.73 Å². The number of thiophene rings is 1. The summed E-state index contributed by atoms with van der Waals surface area (Å²) < 4.78 is 39.9. The predicted octanol–water partition coefficient (Wildman–Crippen LogP) is 4.14. The number of aryl methyl sites for hydroxylation is 1. The first-order valence-electron chi connectivity index (χ1n) is 9.25. The summed E-state index contributed by atoms with van der Waals surface area (Å²) in [4.78, 5) is 25.5. The van der Waals surface area contributed by atoms with Gasteiger partial charge in [0.2, 0.25) is 12.8 Å². The molecule has 0 atom stereocenters. The molecule has 2 aromatic carbocycles. The molecule has 4 rings (SSSR count). The second-order valence-electron chi connectivity index (χ2n) is 6.47. The molecule has 2 amide bonds. The highest BCUT2D eigenvalue weighted by molar-refractivity contribution is 7.18. The summed E-state index contributed by atoms with van der Waals surface area (Å²) in [6.45, 7) is 1.96. The lowest BCUT2D eigenvalue weighted by Crippen LogP contribution is -2.04. The van der Waals surface area contributed by atoms with Crippen molar-refractivity contribution in [3.05, 3.63) is 65.3 Å². The van der Waals surface area contributed by atoms with Crippen molar-refractivity contribution in [2.45, 2.75) is 13.1 Å². The lowest BCUT2D eigenvalue weighted by atomic mass is 9.95. The Morgan fingerprint density at radius 3 is 2.21 bits per heavy atom. The van der Waals surface area contributed by atoms with E-state index in [1.165, 1.54) is 29.8 Å². The molecule has 172 valence electrons. The summed E-state index contributed by atoms with van der Waals surface area (Å²) in [5.41, 5.74) is 18.4. The molecule has 2 heterocycles. The van der Waals surface area contributed by atoms with Gasteiger partial charge in [0.25, 0.3) is 0 Å². The number of benzene rings is 2. The van der Waals surface area contributed by atoms with Crippen LogP contribution in [0.4, 0.5) is 19.0 Å². The summed E-state index contributed by atoms with van der Waals surface area (Å²) in [6, 6.07) is 11.0. The van der Waals surface area contributed by atoms with E-state index < -0.39 is 11.7 Å². The summed E-state index contributed by atoms with van der Waals surface area (Å²) in [5.74, 6) is 0.419. The topological polar surface area (TPSA) is 138 Å². The van der Waals surface area contributed by atoms with Crippen LogP contribution in [0.1, 0.15) is 11.1 Å². The quantitative estimate of drug-likeness (QED) is 0.374. The Balaban J connectivity index is 0.000000582. The number of carbonyl (C=O) groups is 2. The van der Waals surface area contributed by atoms with Gasteiger partial charge in [0.15, 0.2) is 0 Å². The molecule has 0 unspecified atom stereocenters. The minimum absolute atomic E-state index is 0.250. The summed E-state index contributed by atoms with van der Waals surface area (Å²) in [6.07, 6.45) is -2.46.